The monoisotopic (exact) mass is 394 g/mol. The maximum absolute atomic E-state index is 11.9. The molecule has 1 aliphatic rings. The van der Waals surface area contributed by atoms with Gasteiger partial charge in [0.2, 0.25) is 10.8 Å². The van der Waals surface area contributed by atoms with Crippen molar-refractivity contribution in [1.82, 2.24) is 19.5 Å². The summed E-state index contributed by atoms with van der Waals surface area (Å²) in [7, 11) is 0. The number of rotatable bonds is 4. The molecule has 0 aliphatic carbocycles. The molecular weight excluding hydrogens is 374 g/mol. The number of carbonyl (C=O) groups excluding carboxylic acids is 1. The number of piperazine rings is 1. The van der Waals surface area contributed by atoms with Crippen LogP contribution in [0, 0.1) is 0 Å². The molecule has 0 radical (unpaired) electrons. The average molecular weight is 395 g/mol. The Morgan fingerprint density at radius 2 is 2.27 bits per heavy atom. The Morgan fingerprint density at radius 1 is 1.46 bits per heavy atom. The van der Waals surface area contributed by atoms with Crippen LogP contribution in [0.2, 0.25) is 0 Å². The van der Waals surface area contributed by atoms with Crippen LogP contribution in [0.25, 0.3) is 4.96 Å². The Balaban J connectivity index is 1.60. The highest BCUT2D eigenvalue weighted by molar-refractivity contribution is 7.17. The van der Waals surface area contributed by atoms with Gasteiger partial charge in [-0.05, 0) is 18.4 Å². The van der Waals surface area contributed by atoms with Gasteiger partial charge in [0.05, 0.1) is 37.7 Å². The molecule has 26 heavy (non-hydrogen) atoms. The van der Waals surface area contributed by atoms with Crippen LogP contribution in [0.4, 0.5) is 4.79 Å². The molecule has 4 heterocycles. The molecule has 1 amide bonds. The Labute approximate surface area is 158 Å². The SMILES string of the molecule is CCOC(=O)N1CC[NH+]([C@@H](c2cccs2)c2sc3ncnn3c2O)CC1. The van der Waals surface area contributed by atoms with Gasteiger partial charge in [0.25, 0.3) is 0 Å². The zero-order valence-electron chi connectivity index (χ0n) is 14.3. The second-order valence-corrected chi connectivity index (χ2v) is 8.03. The molecule has 0 unspecified atom stereocenters. The first-order valence-corrected chi connectivity index (χ1v) is 10.2. The van der Waals surface area contributed by atoms with Crippen molar-refractivity contribution in [3.8, 4) is 5.88 Å². The number of aromatic hydroxyl groups is 1. The number of amides is 1. The molecule has 2 N–H and O–H groups in total. The van der Waals surface area contributed by atoms with Crippen LogP contribution in [0.1, 0.15) is 22.7 Å². The van der Waals surface area contributed by atoms with Crippen molar-refractivity contribution < 1.29 is 19.5 Å². The molecule has 3 aromatic rings. The molecule has 0 saturated carbocycles. The van der Waals surface area contributed by atoms with Gasteiger partial charge in [-0.25, -0.2) is 9.78 Å². The van der Waals surface area contributed by atoms with Crippen LogP contribution in [-0.2, 0) is 4.74 Å². The number of thiazole rings is 1. The van der Waals surface area contributed by atoms with E-state index in [1.54, 1.807) is 16.2 Å². The second-order valence-electron chi connectivity index (χ2n) is 6.04. The number of thiophene rings is 1. The fraction of sp³-hybridized carbons (Fsp3) is 0.438. The third-order valence-corrected chi connectivity index (χ3v) is 6.60. The highest BCUT2D eigenvalue weighted by Gasteiger charge is 2.36. The van der Waals surface area contributed by atoms with Crippen molar-refractivity contribution in [1.29, 1.82) is 0 Å². The van der Waals surface area contributed by atoms with E-state index in [-0.39, 0.29) is 18.0 Å². The van der Waals surface area contributed by atoms with E-state index in [1.807, 2.05) is 18.4 Å². The Hall–Kier alpha value is -2.17. The van der Waals surface area contributed by atoms with Gasteiger partial charge < -0.3 is 14.7 Å². The van der Waals surface area contributed by atoms with Crippen LogP contribution >= 0.6 is 22.7 Å². The molecule has 1 saturated heterocycles. The summed E-state index contributed by atoms with van der Waals surface area (Å²) < 4.78 is 6.59. The molecule has 1 aliphatic heterocycles. The number of carbonyl (C=O) groups is 1. The molecular formula is C16H20N5O3S2+. The van der Waals surface area contributed by atoms with Crippen molar-refractivity contribution in [2.75, 3.05) is 32.8 Å². The number of quaternary nitrogens is 1. The number of fused-ring (bicyclic) bond motifs is 1. The molecule has 1 fully saturated rings. The first kappa shape index (κ1) is 17.3. The highest BCUT2D eigenvalue weighted by atomic mass is 32.1. The maximum atomic E-state index is 11.9. The van der Waals surface area contributed by atoms with Gasteiger partial charge in [0.1, 0.15) is 11.2 Å². The zero-order valence-corrected chi connectivity index (χ0v) is 15.9. The average Bonchev–Trinajstić information content (AvgIpc) is 3.37. The largest absolute Gasteiger partial charge is 0.492 e. The van der Waals surface area contributed by atoms with Crippen LogP contribution in [-0.4, -0.2) is 63.5 Å². The summed E-state index contributed by atoms with van der Waals surface area (Å²) >= 11 is 3.14. The lowest BCUT2D eigenvalue weighted by Crippen LogP contribution is -3.15. The van der Waals surface area contributed by atoms with Gasteiger partial charge in [-0.15, -0.1) is 11.3 Å². The predicted octanol–water partition coefficient (Wildman–Crippen LogP) is 1.00. The van der Waals surface area contributed by atoms with Crippen molar-refractivity contribution in [2.45, 2.75) is 13.0 Å². The van der Waals surface area contributed by atoms with E-state index in [0.29, 0.717) is 24.7 Å². The highest BCUT2D eigenvalue weighted by Crippen LogP contribution is 2.36. The minimum absolute atomic E-state index is 0.00726. The number of ether oxygens (including phenoxy) is 1. The van der Waals surface area contributed by atoms with Crippen molar-refractivity contribution in [2.24, 2.45) is 0 Å². The molecule has 138 valence electrons. The van der Waals surface area contributed by atoms with Crippen LogP contribution < -0.4 is 4.90 Å². The number of nitrogens with one attached hydrogen (secondary N) is 1. The lowest BCUT2D eigenvalue weighted by atomic mass is 10.1. The van der Waals surface area contributed by atoms with Crippen molar-refractivity contribution in [3.63, 3.8) is 0 Å². The summed E-state index contributed by atoms with van der Waals surface area (Å²) in [6.07, 6.45) is 1.20. The smallest absolute Gasteiger partial charge is 0.410 e. The van der Waals surface area contributed by atoms with Gasteiger partial charge in [-0.1, -0.05) is 17.4 Å². The minimum atomic E-state index is -0.249. The molecule has 3 aromatic heterocycles. The summed E-state index contributed by atoms with van der Waals surface area (Å²) in [5.41, 5.74) is 0. The van der Waals surface area contributed by atoms with Gasteiger partial charge in [-0.3, -0.25) is 4.90 Å². The molecule has 4 rings (SSSR count). The van der Waals surface area contributed by atoms with E-state index in [9.17, 15) is 9.90 Å². The van der Waals surface area contributed by atoms with E-state index in [1.165, 1.54) is 32.0 Å². The molecule has 0 aromatic carbocycles. The summed E-state index contributed by atoms with van der Waals surface area (Å²) in [5, 5.41) is 16.8. The standard InChI is InChI=1S/C16H19N5O3S2/c1-2-24-16(23)20-7-5-19(6-8-20)12(11-4-3-9-25-11)13-14(22)21-15(26-13)17-10-18-21/h3-4,9-10,12,22H,2,5-8H2,1H3/p+1/t12-/m0/s1. The summed E-state index contributed by atoms with van der Waals surface area (Å²) in [6, 6.07) is 4.12. The minimum Gasteiger partial charge on any atom is -0.492 e. The van der Waals surface area contributed by atoms with Crippen LogP contribution in [0.15, 0.2) is 23.8 Å². The van der Waals surface area contributed by atoms with Crippen LogP contribution in [0.5, 0.6) is 5.88 Å². The van der Waals surface area contributed by atoms with Gasteiger partial charge in [0.15, 0.2) is 6.04 Å². The topological polar surface area (TPSA) is 84.4 Å². The molecule has 8 nitrogen and oxygen atoms in total. The Morgan fingerprint density at radius 3 is 2.92 bits per heavy atom. The molecule has 0 bridgehead atoms. The van der Waals surface area contributed by atoms with Crippen molar-refractivity contribution in [3.05, 3.63) is 33.6 Å². The number of nitrogens with zero attached hydrogens (tertiary/aromatic N) is 4. The normalized spacial score (nSPS) is 16.9. The first-order valence-electron chi connectivity index (χ1n) is 8.50. The fourth-order valence-electron chi connectivity index (χ4n) is 3.33. The Kier molecular flexibility index (Phi) is 4.79. The van der Waals surface area contributed by atoms with E-state index in [4.69, 9.17) is 4.74 Å². The van der Waals surface area contributed by atoms with E-state index in [0.717, 1.165) is 18.0 Å². The number of hydrogen-bond donors (Lipinski definition) is 2. The number of aromatic nitrogens is 3. The molecule has 1 atom stereocenters. The van der Waals surface area contributed by atoms with Gasteiger partial charge in [-0.2, -0.15) is 9.61 Å². The second kappa shape index (κ2) is 7.22. The Bertz CT molecular complexity index is 883. The zero-order chi connectivity index (χ0) is 18.1. The quantitative estimate of drug-likeness (QED) is 0.690. The first-order chi connectivity index (χ1) is 12.7. The van der Waals surface area contributed by atoms with E-state index >= 15 is 0 Å². The van der Waals surface area contributed by atoms with Crippen LogP contribution in [0.3, 0.4) is 0 Å². The third kappa shape index (κ3) is 3.04. The number of hydrogen-bond acceptors (Lipinski definition) is 7. The van der Waals surface area contributed by atoms with Crippen molar-refractivity contribution >= 4 is 33.7 Å². The molecule has 10 heteroatoms. The van der Waals surface area contributed by atoms with Gasteiger partial charge in [0, 0.05) is 0 Å². The molecule has 0 spiro atoms. The third-order valence-electron chi connectivity index (χ3n) is 4.57. The summed E-state index contributed by atoms with van der Waals surface area (Å²) in [6.45, 7) is 5.05. The van der Waals surface area contributed by atoms with Gasteiger partial charge >= 0.3 is 6.09 Å². The summed E-state index contributed by atoms with van der Waals surface area (Å²) in [4.78, 5) is 21.9. The fourth-order valence-corrected chi connectivity index (χ4v) is 5.41. The summed E-state index contributed by atoms with van der Waals surface area (Å²) in [5.74, 6) is 0.154. The lowest BCUT2D eigenvalue weighted by molar-refractivity contribution is -0.928. The maximum Gasteiger partial charge on any atom is 0.410 e. The lowest BCUT2D eigenvalue weighted by Gasteiger charge is -2.35. The predicted molar refractivity (Wildman–Crippen MR) is 98.0 cm³/mol. The van der Waals surface area contributed by atoms with E-state index < -0.39 is 0 Å². The van der Waals surface area contributed by atoms with E-state index in [2.05, 4.69) is 16.1 Å².